The van der Waals surface area contributed by atoms with Gasteiger partial charge in [0.25, 0.3) is 5.91 Å². The van der Waals surface area contributed by atoms with Gasteiger partial charge >= 0.3 is 11.8 Å². The van der Waals surface area contributed by atoms with Gasteiger partial charge in [0.15, 0.2) is 0 Å². The summed E-state index contributed by atoms with van der Waals surface area (Å²) in [4.78, 5) is 42.8. The number of aromatic nitrogens is 1. The molecule has 1 aromatic heterocycles. The number of carbonyl (C=O) groups is 3. The molecule has 0 aliphatic carbocycles. The van der Waals surface area contributed by atoms with Crippen molar-refractivity contribution < 1.29 is 14.4 Å². The molecule has 7 nitrogen and oxygen atoms in total. The first-order valence-electron chi connectivity index (χ1n) is 9.51. The van der Waals surface area contributed by atoms with E-state index in [0.29, 0.717) is 30.9 Å². The summed E-state index contributed by atoms with van der Waals surface area (Å²) in [5, 5.41) is 6.00. The van der Waals surface area contributed by atoms with Crippen LogP contribution in [0, 0.1) is 5.92 Å². The van der Waals surface area contributed by atoms with Crippen molar-refractivity contribution in [2.75, 3.05) is 31.2 Å². The van der Waals surface area contributed by atoms with Crippen LogP contribution >= 0.6 is 11.8 Å². The van der Waals surface area contributed by atoms with Gasteiger partial charge in [-0.1, -0.05) is 18.2 Å². The van der Waals surface area contributed by atoms with Crippen LogP contribution in [0.15, 0.2) is 53.7 Å². The number of hydrogen-bond donors (Lipinski definition) is 2. The number of carbonyl (C=O) groups excluding carboxylic acids is 3. The third-order valence-corrected chi connectivity index (χ3v) is 5.60. The Bertz CT molecular complexity index is 867. The van der Waals surface area contributed by atoms with Crippen molar-refractivity contribution in [3.05, 3.63) is 54.2 Å². The summed E-state index contributed by atoms with van der Waals surface area (Å²) in [5.74, 6) is -1.09. The van der Waals surface area contributed by atoms with Crippen molar-refractivity contribution >= 4 is 35.2 Å². The molecule has 1 saturated heterocycles. The average molecular weight is 413 g/mol. The first-order chi connectivity index (χ1) is 14.1. The summed E-state index contributed by atoms with van der Waals surface area (Å²) in [7, 11) is 0. The maximum Gasteiger partial charge on any atom is 0.313 e. The average Bonchev–Trinajstić information content (AvgIpc) is 2.78. The zero-order chi connectivity index (χ0) is 20.6. The van der Waals surface area contributed by atoms with Gasteiger partial charge in [-0.15, -0.1) is 11.8 Å². The summed E-state index contributed by atoms with van der Waals surface area (Å²) >= 11 is 1.46. The van der Waals surface area contributed by atoms with E-state index in [9.17, 15) is 14.4 Å². The van der Waals surface area contributed by atoms with Gasteiger partial charge in [-0.2, -0.15) is 0 Å². The van der Waals surface area contributed by atoms with E-state index in [1.54, 1.807) is 42.6 Å². The Balaban J connectivity index is 1.44. The number of hydrogen-bond acceptors (Lipinski definition) is 5. The van der Waals surface area contributed by atoms with Gasteiger partial charge in [0.05, 0.1) is 5.56 Å². The van der Waals surface area contributed by atoms with Crippen LogP contribution < -0.4 is 10.6 Å². The molecule has 0 radical (unpaired) electrons. The Hall–Kier alpha value is -2.87. The molecule has 0 atom stereocenters. The van der Waals surface area contributed by atoms with E-state index < -0.39 is 11.8 Å². The third-order valence-electron chi connectivity index (χ3n) is 4.89. The Morgan fingerprint density at radius 2 is 1.79 bits per heavy atom. The van der Waals surface area contributed by atoms with Crippen molar-refractivity contribution in [3.63, 3.8) is 0 Å². The highest BCUT2D eigenvalue weighted by Gasteiger charge is 2.26. The second-order valence-corrected chi connectivity index (χ2v) is 7.62. The minimum Gasteiger partial charge on any atom is -0.348 e. The molecule has 8 heteroatoms. The lowest BCUT2D eigenvalue weighted by atomic mass is 9.96. The fraction of sp³-hybridized carbons (Fsp3) is 0.333. The lowest BCUT2D eigenvalue weighted by Crippen LogP contribution is -2.43. The molecule has 2 N–H and O–H groups in total. The van der Waals surface area contributed by atoms with Crippen molar-refractivity contribution in [2.45, 2.75) is 17.9 Å². The molecule has 0 saturated carbocycles. The molecule has 1 aromatic carbocycles. The largest absolute Gasteiger partial charge is 0.348 e. The number of amides is 3. The van der Waals surface area contributed by atoms with E-state index in [2.05, 4.69) is 15.6 Å². The molecule has 0 spiro atoms. The summed E-state index contributed by atoms with van der Waals surface area (Å²) in [6.45, 7) is 1.67. The number of anilines is 1. The van der Waals surface area contributed by atoms with Crippen LogP contribution in [0.2, 0.25) is 0 Å². The SMILES string of the molecule is CSc1ncccc1C(=O)N1CCC(CNC(=O)C(=O)Nc2ccccc2)CC1. The zero-order valence-corrected chi connectivity index (χ0v) is 17.1. The highest BCUT2D eigenvalue weighted by Crippen LogP contribution is 2.22. The van der Waals surface area contributed by atoms with Crippen molar-refractivity contribution in [1.29, 1.82) is 0 Å². The Morgan fingerprint density at radius 1 is 1.07 bits per heavy atom. The van der Waals surface area contributed by atoms with Crippen molar-refractivity contribution in [1.82, 2.24) is 15.2 Å². The van der Waals surface area contributed by atoms with E-state index in [-0.39, 0.29) is 11.8 Å². The Kier molecular flexibility index (Phi) is 7.24. The van der Waals surface area contributed by atoms with Gasteiger partial charge in [-0.3, -0.25) is 14.4 Å². The molecule has 1 aliphatic rings. The molecule has 1 aliphatic heterocycles. The number of benzene rings is 1. The van der Waals surface area contributed by atoms with E-state index in [0.717, 1.165) is 17.9 Å². The minimum absolute atomic E-state index is 0.00725. The van der Waals surface area contributed by atoms with E-state index in [4.69, 9.17) is 0 Å². The lowest BCUT2D eigenvalue weighted by Gasteiger charge is -2.32. The molecule has 0 unspecified atom stereocenters. The molecular formula is C21H24N4O3S. The number of thioether (sulfide) groups is 1. The maximum atomic E-state index is 12.8. The summed E-state index contributed by atoms with van der Waals surface area (Å²) in [5.41, 5.74) is 1.21. The monoisotopic (exact) mass is 412 g/mol. The third kappa shape index (κ3) is 5.57. The molecular weight excluding hydrogens is 388 g/mol. The summed E-state index contributed by atoms with van der Waals surface area (Å²) in [6, 6.07) is 12.4. The molecule has 152 valence electrons. The highest BCUT2D eigenvalue weighted by atomic mass is 32.2. The molecule has 3 amide bonds. The number of piperidine rings is 1. The molecule has 0 bridgehead atoms. The van der Waals surface area contributed by atoms with Crippen molar-refractivity contribution in [2.24, 2.45) is 5.92 Å². The number of rotatable bonds is 5. The molecule has 3 rings (SSSR count). The highest BCUT2D eigenvalue weighted by molar-refractivity contribution is 7.98. The fourth-order valence-corrected chi connectivity index (χ4v) is 3.79. The van der Waals surface area contributed by atoms with Gasteiger partial charge < -0.3 is 15.5 Å². The first-order valence-corrected chi connectivity index (χ1v) is 10.7. The number of pyridine rings is 1. The predicted molar refractivity (Wildman–Crippen MR) is 113 cm³/mol. The number of para-hydroxylation sites is 1. The fourth-order valence-electron chi connectivity index (χ4n) is 3.25. The van der Waals surface area contributed by atoms with Crippen LogP contribution in [0.3, 0.4) is 0 Å². The summed E-state index contributed by atoms with van der Waals surface area (Å²) < 4.78 is 0. The van der Waals surface area contributed by atoms with Crippen LogP contribution in [0.4, 0.5) is 5.69 Å². The minimum atomic E-state index is -0.676. The zero-order valence-electron chi connectivity index (χ0n) is 16.3. The standard InChI is InChI=1S/C21H24N4O3S/c1-29-20-17(8-5-11-22-20)21(28)25-12-9-15(10-13-25)14-23-18(26)19(27)24-16-6-3-2-4-7-16/h2-8,11,15H,9-10,12-14H2,1H3,(H,23,26)(H,24,27). The van der Waals surface area contributed by atoms with Crippen LogP contribution in [0.25, 0.3) is 0 Å². The van der Waals surface area contributed by atoms with Crippen LogP contribution in [0.5, 0.6) is 0 Å². The van der Waals surface area contributed by atoms with Crippen LogP contribution in [0.1, 0.15) is 23.2 Å². The normalized spacial score (nSPS) is 14.3. The Labute approximate surface area is 174 Å². The van der Waals surface area contributed by atoms with Gasteiger partial charge in [0, 0.05) is 31.5 Å². The Morgan fingerprint density at radius 3 is 2.48 bits per heavy atom. The summed E-state index contributed by atoms with van der Waals surface area (Å²) in [6.07, 6.45) is 5.15. The van der Waals surface area contributed by atoms with Crippen LogP contribution in [-0.2, 0) is 9.59 Å². The van der Waals surface area contributed by atoms with E-state index >= 15 is 0 Å². The van der Waals surface area contributed by atoms with Gasteiger partial charge in [0.1, 0.15) is 5.03 Å². The molecule has 29 heavy (non-hydrogen) atoms. The number of nitrogens with one attached hydrogen (secondary N) is 2. The quantitative estimate of drug-likeness (QED) is 0.581. The van der Waals surface area contributed by atoms with Crippen LogP contribution in [-0.4, -0.2) is 53.5 Å². The number of likely N-dealkylation sites (tertiary alicyclic amines) is 1. The topological polar surface area (TPSA) is 91.4 Å². The molecule has 2 aromatic rings. The maximum absolute atomic E-state index is 12.8. The van der Waals surface area contributed by atoms with Crippen molar-refractivity contribution in [3.8, 4) is 0 Å². The van der Waals surface area contributed by atoms with E-state index in [1.807, 2.05) is 17.2 Å². The first kappa shape index (κ1) is 20.9. The molecule has 1 fully saturated rings. The smallest absolute Gasteiger partial charge is 0.313 e. The second kappa shape index (κ2) is 10.1. The second-order valence-electron chi connectivity index (χ2n) is 6.83. The predicted octanol–water partition coefficient (Wildman–Crippen LogP) is 2.41. The van der Waals surface area contributed by atoms with E-state index in [1.165, 1.54) is 11.8 Å². The van der Waals surface area contributed by atoms with Gasteiger partial charge in [-0.05, 0) is 49.3 Å². The van der Waals surface area contributed by atoms with Gasteiger partial charge in [-0.25, -0.2) is 4.98 Å². The van der Waals surface area contributed by atoms with Gasteiger partial charge in [0.2, 0.25) is 0 Å². The molecule has 2 heterocycles. The lowest BCUT2D eigenvalue weighted by molar-refractivity contribution is -0.136. The number of nitrogens with zero attached hydrogens (tertiary/aromatic N) is 2.